The molecule has 1 aliphatic heterocycles. The summed E-state index contributed by atoms with van der Waals surface area (Å²) in [7, 11) is -6.96. The Morgan fingerprint density at radius 1 is 1.15 bits per heavy atom. The zero-order chi connectivity index (χ0) is 29.1. The van der Waals surface area contributed by atoms with Gasteiger partial charge < -0.3 is 19.6 Å². The Kier molecular flexibility index (Phi) is 12.5. The predicted molar refractivity (Wildman–Crippen MR) is 143 cm³/mol. The molecule has 0 saturated carbocycles. The number of aromatic nitrogens is 4. The Morgan fingerprint density at radius 2 is 1.75 bits per heavy atom. The van der Waals surface area contributed by atoms with Crippen LogP contribution in [0.4, 0.5) is 0 Å². The van der Waals surface area contributed by atoms with Gasteiger partial charge in [0.05, 0.1) is 22.8 Å². The number of benzene rings is 1. The molecular formula is C23H33KN6O8S2. The molecule has 2 aromatic heterocycles. The SMILES string of the molecule is CCCc1nn(C)c2c(=O)[nH]c(-c3cc(S(=O)(=O)N4C[C@@H](C)N[C@@H](C)C4)ccc3OCC)nc12.O=S(=O)([O-])O.[K+]. The third-order valence-electron chi connectivity index (χ3n) is 5.92. The molecule has 0 unspecified atom stereocenters. The topological polar surface area (TPSA) is 200 Å². The monoisotopic (exact) mass is 624 g/mol. The van der Waals surface area contributed by atoms with Crippen LogP contribution in [0.2, 0.25) is 0 Å². The van der Waals surface area contributed by atoms with E-state index >= 15 is 0 Å². The average molecular weight is 625 g/mol. The van der Waals surface area contributed by atoms with Crippen molar-refractivity contribution in [1.29, 1.82) is 0 Å². The van der Waals surface area contributed by atoms with E-state index in [1.807, 2.05) is 27.7 Å². The van der Waals surface area contributed by atoms with Crippen molar-refractivity contribution in [2.75, 3.05) is 19.7 Å². The number of ether oxygens (including phenoxy) is 1. The van der Waals surface area contributed by atoms with Gasteiger partial charge in [-0.25, -0.2) is 21.8 Å². The van der Waals surface area contributed by atoms with Crippen molar-refractivity contribution in [3.8, 4) is 17.1 Å². The second kappa shape index (κ2) is 14.3. The summed E-state index contributed by atoms with van der Waals surface area (Å²) >= 11 is 0. The predicted octanol–water partition coefficient (Wildman–Crippen LogP) is -1.95. The van der Waals surface area contributed by atoms with E-state index < -0.39 is 20.4 Å². The Hall–Kier alpha value is -1.25. The summed E-state index contributed by atoms with van der Waals surface area (Å²) < 4.78 is 68.6. The molecule has 0 radical (unpaired) electrons. The smallest absolute Gasteiger partial charge is 0.726 e. The second-order valence-electron chi connectivity index (χ2n) is 9.24. The van der Waals surface area contributed by atoms with Crippen LogP contribution < -0.4 is 67.0 Å². The number of rotatable bonds is 7. The third-order valence-corrected chi connectivity index (χ3v) is 7.74. The molecule has 14 nitrogen and oxygen atoms in total. The van der Waals surface area contributed by atoms with Crippen LogP contribution in [0, 0.1) is 0 Å². The van der Waals surface area contributed by atoms with Gasteiger partial charge in [-0.05, 0) is 45.4 Å². The molecule has 2 atom stereocenters. The zero-order valence-electron chi connectivity index (χ0n) is 23.3. The number of nitrogens with one attached hydrogen (secondary N) is 2. The van der Waals surface area contributed by atoms with E-state index in [1.54, 1.807) is 19.2 Å². The number of aryl methyl sites for hydroxylation is 2. The molecule has 0 spiro atoms. The van der Waals surface area contributed by atoms with Gasteiger partial charge in [-0.2, -0.15) is 9.40 Å². The van der Waals surface area contributed by atoms with E-state index in [-0.39, 0.29) is 79.7 Å². The van der Waals surface area contributed by atoms with Crippen LogP contribution in [-0.2, 0) is 33.9 Å². The van der Waals surface area contributed by atoms with Crippen molar-refractivity contribution in [2.24, 2.45) is 7.05 Å². The number of piperazine rings is 1. The summed E-state index contributed by atoms with van der Waals surface area (Å²) in [6.07, 6.45) is 1.54. The number of hydrogen-bond acceptors (Lipinski definition) is 10. The van der Waals surface area contributed by atoms with Gasteiger partial charge in [0.1, 0.15) is 17.1 Å². The molecule has 3 aromatic rings. The fourth-order valence-corrected chi connectivity index (χ4v) is 6.18. The summed E-state index contributed by atoms with van der Waals surface area (Å²) in [5.41, 5.74) is 1.72. The van der Waals surface area contributed by atoms with Crippen LogP contribution in [0.3, 0.4) is 0 Å². The van der Waals surface area contributed by atoms with Crippen molar-refractivity contribution in [2.45, 2.75) is 57.5 Å². The van der Waals surface area contributed by atoms with Crippen LogP contribution in [0.15, 0.2) is 27.9 Å². The summed E-state index contributed by atoms with van der Waals surface area (Å²) in [5.74, 6) is 0.706. The van der Waals surface area contributed by atoms with Gasteiger partial charge >= 0.3 is 51.4 Å². The molecule has 1 saturated heterocycles. The van der Waals surface area contributed by atoms with Crippen molar-refractivity contribution >= 4 is 31.5 Å². The number of hydrogen-bond donors (Lipinski definition) is 3. The summed E-state index contributed by atoms with van der Waals surface area (Å²) in [6.45, 7) is 8.96. The maximum atomic E-state index is 13.5. The average Bonchev–Trinajstić information content (AvgIpc) is 3.13. The summed E-state index contributed by atoms with van der Waals surface area (Å²) in [5, 5.41) is 7.81. The number of aromatic amines is 1. The molecule has 0 bridgehead atoms. The Labute approximate surface area is 275 Å². The molecule has 3 heterocycles. The molecule has 4 rings (SSSR count). The molecule has 40 heavy (non-hydrogen) atoms. The van der Waals surface area contributed by atoms with Crippen molar-refractivity contribution in [3.05, 3.63) is 34.2 Å². The minimum absolute atomic E-state index is 0. The molecule has 0 amide bonds. The van der Waals surface area contributed by atoms with Gasteiger partial charge in [0, 0.05) is 32.2 Å². The van der Waals surface area contributed by atoms with Crippen LogP contribution in [0.25, 0.3) is 22.4 Å². The van der Waals surface area contributed by atoms with Crippen molar-refractivity contribution in [1.82, 2.24) is 29.4 Å². The fourth-order valence-electron chi connectivity index (χ4n) is 4.54. The Balaban J connectivity index is 0.000000858. The summed E-state index contributed by atoms with van der Waals surface area (Å²) in [6, 6.07) is 4.80. The maximum absolute atomic E-state index is 13.5. The minimum atomic E-state index is -4.92. The molecule has 17 heteroatoms. The quantitative estimate of drug-likeness (QED) is 0.150. The van der Waals surface area contributed by atoms with Crippen LogP contribution in [-0.4, -0.2) is 81.8 Å². The van der Waals surface area contributed by atoms with E-state index in [1.165, 1.54) is 15.1 Å². The first-order valence-corrected chi connectivity index (χ1v) is 15.1. The normalized spacial score (nSPS) is 18.1. The van der Waals surface area contributed by atoms with Crippen molar-refractivity contribution < 1.29 is 82.1 Å². The molecule has 0 aliphatic carbocycles. The van der Waals surface area contributed by atoms with E-state index in [4.69, 9.17) is 27.2 Å². The first-order valence-electron chi connectivity index (χ1n) is 12.3. The van der Waals surface area contributed by atoms with Gasteiger partial charge in [-0.15, -0.1) is 0 Å². The molecular weight excluding hydrogens is 592 g/mol. The summed E-state index contributed by atoms with van der Waals surface area (Å²) in [4.78, 5) is 20.6. The molecule has 1 aliphatic rings. The molecule has 3 N–H and O–H groups in total. The largest absolute Gasteiger partial charge is 1.00 e. The van der Waals surface area contributed by atoms with E-state index in [2.05, 4.69) is 15.4 Å². The number of sulfonamides is 1. The first-order chi connectivity index (χ1) is 18.1. The fraction of sp³-hybridized carbons (Fsp3) is 0.522. The van der Waals surface area contributed by atoms with Crippen LogP contribution >= 0.6 is 0 Å². The van der Waals surface area contributed by atoms with Crippen molar-refractivity contribution in [3.63, 3.8) is 0 Å². The number of nitrogens with zero attached hydrogens (tertiary/aromatic N) is 4. The minimum Gasteiger partial charge on any atom is -0.726 e. The molecule has 1 fully saturated rings. The second-order valence-corrected chi connectivity index (χ2v) is 12.0. The van der Waals surface area contributed by atoms with Crippen LogP contribution in [0.5, 0.6) is 5.75 Å². The van der Waals surface area contributed by atoms with E-state index in [0.717, 1.165) is 12.1 Å². The van der Waals surface area contributed by atoms with Gasteiger partial charge in [0.25, 0.3) is 5.56 Å². The molecule has 1 aromatic carbocycles. The standard InChI is InChI=1S/C23H32N6O4S.K.H2O4S/c1-6-8-18-20-21(28(5)27-18)23(30)26-22(25-20)17-11-16(9-10-19(17)33-7-2)34(31,32)29-12-14(3)24-15(4)13-29;;1-5(2,3)4/h9-11,14-15,24H,6-8,12-13H2,1-5H3,(H,25,26,30);;(H2,1,2,3,4)/q;+1;/p-1/t14-,15+;;. The Morgan fingerprint density at radius 3 is 2.30 bits per heavy atom. The van der Waals surface area contributed by atoms with Gasteiger partial charge in [-0.3, -0.25) is 14.0 Å². The van der Waals surface area contributed by atoms with E-state index in [0.29, 0.717) is 48.5 Å². The maximum Gasteiger partial charge on any atom is 1.00 e. The Bertz CT molecular complexity index is 1590. The zero-order valence-corrected chi connectivity index (χ0v) is 28.1. The van der Waals surface area contributed by atoms with Gasteiger partial charge in [0.15, 0.2) is 5.52 Å². The van der Waals surface area contributed by atoms with Gasteiger partial charge in [-0.1, -0.05) is 13.3 Å². The van der Waals surface area contributed by atoms with E-state index in [9.17, 15) is 13.2 Å². The van der Waals surface area contributed by atoms with Crippen LogP contribution in [0.1, 0.15) is 39.8 Å². The molecule has 216 valence electrons. The van der Waals surface area contributed by atoms with Gasteiger partial charge in [0.2, 0.25) is 20.4 Å². The number of fused-ring (bicyclic) bond motifs is 1. The first kappa shape index (κ1) is 34.9. The third kappa shape index (κ3) is 8.63. The number of H-pyrrole nitrogens is 1.